The fourth-order valence-corrected chi connectivity index (χ4v) is 4.65. The fourth-order valence-electron chi connectivity index (χ4n) is 4.65. The number of hydrogen-bond acceptors (Lipinski definition) is 6. The predicted octanol–water partition coefficient (Wildman–Crippen LogP) is 6.80. The van der Waals surface area contributed by atoms with Crippen LogP contribution in [0.15, 0.2) is 85.1 Å². The lowest BCUT2D eigenvalue weighted by Crippen LogP contribution is -2.35. The van der Waals surface area contributed by atoms with E-state index in [2.05, 4.69) is 47.0 Å². The summed E-state index contributed by atoms with van der Waals surface area (Å²) in [6, 6.07) is 24.2. The van der Waals surface area contributed by atoms with Crippen LogP contribution in [-0.4, -0.2) is 39.8 Å². The van der Waals surface area contributed by atoms with Crippen LogP contribution in [0, 0.1) is 6.92 Å². The Balaban J connectivity index is 1.33. The van der Waals surface area contributed by atoms with Crippen molar-refractivity contribution in [3.8, 4) is 11.4 Å². The number of nitrogens with one attached hydrogen (secondary N) is 4. The lowest BCUT2D eigenvalue weighted by atomic mass is 9.92. The molecule has 3 amide bonds. The third kappa shape index (κ3) is 7.47. The Morgan fingerprint density at radius 2 is 1.64 bits per heavy atom. The maximum Gasteiger partial charge on any atom is 0.324 e. The minimum absolute atomic E-state index is 0.171. The van der Waals surface area contributed by atoms with Crippen molar-refractivity contribution in [3.63, 3.8) is 0 Å². The number of aromatic nitrogens is 3. The first-order chi connectivity index (χ1) is 21.5. The van der Waals surface area contributed by atoms with Gasteiger partial charge in [-0.15, -0.1) is 0 Å². The number of carbonyl (C=O) groups is 2. The molecular formula is C35H39N7O3. The summed E-state index contributed by atoms with van der Waals surface area (Å²) in [5.41, 5.74) is 4.15. The van der Waals surface area contributed by atoms with Gasteiger partial charge < -0.3 is 20.7 Å². The van der Waals surface area contributed by atoms with Gasteiger partial charge in [0.15, 0.2) is 0 Å². The molecule has 0 spiro atoms. The van der Waals surface area contributed by atoms with E-state index in [-0.39, 0.29) is 30.0 Å². The van der Waals surface area contributed by atoms with Crippen LogP contribution in [0.1, 0.15) is 44.5 Å². The van der Waals surface area contributed by atoms with Gasteiger partial charge in [0.25, 0.3) is 0 Å². The van der Waals surface area contributed by atoms with Gasteiger partial charge in [-0.25, -0.2) is 14.5 Å². The highest BCUT2D eigenvalue weighted by Gasteiger charge is 2.22. The largest absolute Gasteiger partial charge is 0.488 e. The second kappa shape index (κ2) is 13.2. The summed E-state index contributed by atoms with van der Waals surface area (Å²) in [5.74, 6) is 1.52. The van der Waals surface area contributed by atoms with Gasteiger partial charge in [-0.2, -0.15) is 5.10 Å². The zero-order valence-electron chi connectivity index (χ0n) is 26.4. The molecule has 3 aromatic carbocycles. The first-order valence-electron chi connectivity index (χ1n) is 14.8. The standard InChI is InChI=1S/C35H39N7O3/c1-22-11-13-25(14-12-22)42-32(20-30(41-42)35(3,4)5)40-34(44)38-28-15-16-29(27-10-8-7-9-26(27)28)45-21-24-17-18-37-31(19-24)39-33(43)23(2)36-6/h7-20,23,36H,21H2,1-6H3,(H,37,39,43)(H2,38,40,44)/t23-/m0/s1. The lowest BCUT2D eigenvalue weighted by molar-refractivity contribution is -0.117. The third-order valence-electron chi connectivity index (χ3n) is 7.43. The number of hydrogen-bond donors (Lipinski definition) is 4. The molecule has 0 aliphatic carbocycles. The van der Waals surface area contributed by atoms with Gasteiger partial charge >= 0.3 is 6.03 Å². The fraction of sp³-hybridized carbons (Fsp3) is 0.257. The van der Waals surface area contributed by atoms with Crippen LogP contribution in [-0.2, 0) is 16.8 Å². The van der Waals surface area contributed by atoms with Crippen LogP contribution >= 0.6 is 0 Å². The average Bonchev–Trinajstić information content (AvgIpc) is 3.45. The molecule has 10 heteroatoms. The third-order valence-corrected chi connectivity index (χ3v) is 7.43. The summed E-state index contributed by atoms with van der Waals surface area (Å²) in [6.45, 7) is 10.3. The molecule has 0 aliphatic rings. The average molecular weight is 606 g/mol. The number of aryl methyl sites for hydroxylation is 1. The molecule has 0 saturated heterocycles. The Morgan fingerprint density at radius 3 is 2.36 bits per heavy atom. The van der Waals surface area contributed by atoms with Crippen LogP contribution in [0.2, 0.25) is 0 Å². The highest BCUT2D eigenvalue weighted by molar-refractivity contribution is 6.07. The number of pyridine rings is 1. The number of nitrogens with zero attached hydrogens (tertiary/aromatic N) is 3. The summed E-state index contributed by atoms with van der Waals surface area (Å²) in [6.07, 6.45) is 1.64. The van der Waals surface area contributed by atoms with Gasteiger partial charge in [0.1, 0.15) is 24.0 Å². The number of anilines is 3. The van der Waals surface area contributed by atoms with Gasteiger partial charge in [0, 0.05) is 28.5 Å². The van der Waals surface area contributed by atoms with Gasteiger partial charge in [-0.05, 0) is 62.9 Å². The van der Waals surface area contributed by atoms with E-state index in [0.717, 1.165) is 33.3 Å². The Labute approximate surface area is 263 Å². The normalized spacial score (nSPS) is 12.0. The molecule has 2 heterocycles. The Hall–Kier alpha value is -5.22. The van der Waals surface area contributed by atoms with Gasteiger partial charge in [0.2, 0.25) is 5.91 Å². The Kier molecular flexibility index (Phi) is 9.15. The van der Waals surface area contributed by atoms with Crippen molar-refractivity contribution in [1.29, 1.82) is 0 Å². The van der Waals surface area contributed by atoms with E-state index in [1.54, 1.807) is 30.9 Å². The Bertz CT molecular complexity index is 1820. The number of amides is 3. The molecule has 10 nitrogen and oxygen atoms in total. The topological polar surface area (TPSA) is 122 Å². The molecule has 1 atom stereocenters. The van der Waals surface area contributed by atoms with E-state index >= 15 is 0 Å². The quantitative estimate of drug-likeness (QED) is 0.147. The zero-order chi connectivity index (χ0) is 32.1. The molecule has 45 heavy (non-hydrogen) atoms. The van der Waals surface area contributed by atoms with Crippen molar-refractivity contribution in [2.45, 2.75) is 52.7 Å². The smallest absolute Gasteiger partial charge is 0.324 e. The lowest BCUT2D eigenvalue weighted by Gasteiger charge is -2.15. The molecule has 4 N–H and O–H groups in total. The molecular weight excluding hydrogens is 566 g/mol. The first-order valence-corrected chi connectivity index (χ1v) is 14.8. The van der Waals surface area contributed by atoms with Crippen molar-refractivity contribution in [2.75, 3.05) is 23.0 Å². The SMILES string of the molecule is CN[C@@H](C)C(=O)Nc1cc(COc2ccc(NC(=O)Nc3cc(C(C)(C)C)nn3-c3ccc(C)cc3)c3ccccc23)ccn1. The first kappa shape index (κ1) is 31.2. The van der Waals surface area contributed by atoms with E-state index in [1.165, 1.54) is 0 Å². The number of likely N-dealkylation sites (N-methyl/N-ethyl adjacent to an activating group) is 1. The summed E-state index contributed by atoms with van der Waals surface area (Å²) in [5, 5.41) is 18.2. The van der Waals surface area contributed by atoms with Crippen molar-refractivity contribution in [3.05, 3.63) is 102 Å². The molecule has 0 bridgehead atoms. The molecule has 5 aromatic rings. The monoisotopic (exact) mass is 605 g/mol. The number of rotatable bonds is 9. The van der Waals surface area contributed by atoms with Gasteiger partial charge in [0.05, 0.1) is 23.1 Å². The van der Waals surface area contributed by atoms with Crippen LogP contribution in [0.5, 0.6) is 5.75 Å². The molecule has 0 fully saturated rings. The maximum absolute atomic E-state index is 13.4. The number of ether oxygens (including phenoxy) is 1. The van der Waals surface area contributed by atoms with E-state index in [4.69, 9.17) is 9.84 Å². The van der Waals surface area contributed by atoms with Crippen molar-refractivity contribution in [2.24, 2.45) is 0 Å². The maximum atomic E-state index is 13.4. The molecule has 0 unspecified atom stereocenters. The van der Waals surface area contributed by atoms with E-state index < -0.39 is 0 Å². The van der Waals surface area contributed by atoms with Gasteiger partial charge in [-0.1, -0.05) is 62.7 Å². The Morgan fingerprint density at radius 1 is 0.911 bits per heavy atom. The van der Waals surface area contributed by atoms with Crippen LogP contribution in [0.25, 0.3) is 16.5 Å². The van der Waals surface area contributed by atoms with E-state index in [0.29, 0.717) is 23.1 Å². The minimum Gasteiger partial charge on any atom is -0.488 e. The minimum atomic E-state index is -0.388. The second-order valence-corrected chi connectivity index (χ2v) is 12.0. The number of carbonyl (C=O) groups excluding carboxylic acids is 2. The zero-order valence-corrected chi connectivity index (χ0v) is 26.4. The highest BCUT2D eigenvalue weighted by Crippen LogP contribution is 2.33. The molecule has 0 aliphatic heterocycles. The van der Waals surface area contributed by atoms with Crippen LogP contribution in [0.4, 0.5) is 22.1 Å². The van der Waals surface area contributed by atoms with Crippen molar-refractivity contribution < 1.29 is 14.3 Å². The second-order valence-electron chi connectivity index (χ2n) is 12.0. The van der Waals surface area contributed by atoms with Crippen LogP contribution in [0.3, 0.4) is 0 Å². The molecule has 2 aromatic heterocycles. The number of urea groups is 1. The highest BCUT2D eigenvalue weighted by atomic mass is 16.5. The summed E-state index contributed by atoms with van der Waals surface area (Å²) < 4.78 is 7.96. The predicted molar refractivity (Wildman–Crippen MR) is 179 cm³/mol. The van der Waals surface area contributed by atoms with Gasteiger partial charge in [-0.3, -0.25) is 10.1 Å². The van der Waals surface area contributed by atoms with E-state index in [1.807, 2.05) is 79.7 Å². The summed E-state index contributed by atoms with van der Waals surface area (Å²) in [7, 11) is 1.73. The number of fused-ring (bicyclic) bond motifs is 1. The molecule has 0 radical (unpaired) electrons. The molecule has 0 saturated carbocycles. The summed E-state index contributed by atoms with van der Waals surface area (Å²) in [4.78, 5) is 29.8. The number of benzene rings is 3. The van der Waals surface area contributed by atoms with Crippen molar-refractivity contribution in [1.82, 2.24) is 20.1 Å². The van der Waals surface area contributed by atoms with Crippen molar-refractivity contribution >= 4 is 40.0 Å². The van der Waals surface area contributed by atoms with E-state index in [9.17, 15) is 9.59 Å². The summed E-state index contributed by atoms with van der Waals surface area (Å²) >= 11 is 0. The molecule has 5 rings (SSSR count). The molecule has 232 valence electrons. The van der Waals surface area contributed by atoms with Crippen LogP contribution < -0.4 is 26.0 Å².